The molecule has 0 amide bonds. The maximum atomic E-state index is 10.3. The van der Waals surface area contributed by atoms with Crippen molar-refractivity contribution in [2.75, 3.05) is 7.05 Å². The molecule has 0 saturated heterocycles. The molecule has 1 heterocycles. The van der Waals surface area contributed by atoms with Gasteiger partial charge in [-0.3, -0.25) is 10.1 Å². The monoisotopic (exact) mass is 256 g/mol. The van der Waals surface area contributed by atoms with Gasteiger partial charge >= 0.3 is 0 Å². The molecular formula is C6H7N4O2Y-. The van der Waals surface area contributed by atoms with Crippen molar-refractivity contribution in [3.05, 3.63) is 27.6 Å². The van der Waals surface area contributed by atoms with Gasteiger partial charge in [0.1, 0.15) is 0 Å². The van der Waals surface area contributed by atoms with Crippen molar-refractivity contribution in [1.29, 1.82) is 0 Å². The Kier molecular flexibility index (Phi) is 4.94. The third-order valence-corrected chi connectivity index (χ3v) is 1.26. The molecule has 0 fully saturated rings. The van der Waals surface area contributed by atoms with Crippen LogP contribution in [-0.2, 0) is 32.7 Å². The smallest absolute Gasteiger partial charge is 0.221 e. The van der Waals surface area contributed by atoms with E-state index in [1.54, 1.807) is 6.92 Å². The first kappa shape index (κ1) is 12.4. The van der Waals surface area contributed by atoms with E-state index in [0.717, 1.165) is 0 Å². The maximum Gasteiger partial charge on any atom is 0.221 e. The van der Waals surface area contributed by atoms with Crippen LogP contribution in [0.25, 0.3) is 0 Å². The first-order chi connectivity index (χ1) is 5.65. The Bertz CT molecular complexity index is 373. The summed E-state index contributed by atoms with van der Waals surface area (Å²) in [5.74, 6) is 0.543. The van der Waals surface area contributed by atoms with Crippen LogP contribution in [-0.4, -0.2) is 21.9 Å². The number of aryl methyl sites for hydroxylation is 1. The van der Waals surface area contributed by atoms with Crippen LogP contribution >= 0.6 is 0 Å². The third kappa shape index (κ3) is 2.97. The SMILES string of the molecule is CN=c1[nH]c(C)n[c-]c1[N+](=O)[O-].[Y]. The number of hydrogen-bond donors (Lipinski definition) is 1. The second-order valence-electron chi connectivity index (χ2n) is 2.11. The van der Waals surface area contributed by atoms with E-state index < -0.39 is 4.92 Å². The summed E-state index contributed by atoms with van der Waals surface area (Å²) >= 11 is 0. The van der Waals surface area contributed by atoms with Gasteiger partial charge in [0.15, 0.2) is 0 Å². The van der Waals surface area contributed by atoms with Crippen molar-refractivity contribution in [3.8, 4) is 0 Å². The van der Waals surface area contributed by atoms with Crippen molar-refractivity contribution in [2.45, 2.75) is 6.92 Å². The molecule has 0 bridgehead atoms. The molecule has 0 unspecified atom stereocenters. The predicted molar refractivity (Wildman–Crippen MR) is 40.3 cm³/mol. The second kappa shape index (κ2) is 5.19. The van der Waals surface area contributed by atoms with Crippen LogP contribution in [0.1, 0.15) is 5.82 Å². The first-order valence-electron chi connectivity index (χ1n) is 3.21. The third-order valence-electron chi connectivity index (χ3n) is 1.26. The number of aromatic nitrogens is 2. The summed E-state index contributed by atoms with van der Waals surface area (Å²) in [6.07, 6.45) is 2.28. The Morgan fingerprint density at radius 3 is 2.77 bits per heavy atom. The minimum atomic E-state index is -0.578. The average Bonchev–Trinajstić information content (AvgIpc) is 2.03. The van der Waals surface area contributed by atoms with E-state index in [1.165, 1.54) is 7.05 Å². The molecule has 67 valence electrons. The summed E-state index contributed by atoms with van der Waals surface area (Å²) in [4.78, 5) is 19.7. The summed E-state index contributed by atoms with van der Waals surface area (Å²) in [6, 6.07) is 0. The topological polar surface area (TPSA) is 84.2 Å². The van der Waals surface area contributed by atoms with E-state index >= 15 is 0 Å². The number of H-pyrrole nitrogens is 1. The molecule has 0 spiro atoms. The Labute approximate surface area is 99.5 Å². The Morgan fingerprint density at radius 1 is 1.69 bits per heavy atom. The van der Waals surface area contributed by atoms with Crippen molar-refractivity contribution in [3.63, 3.8) is 0 Å². The predicted octanol–water partition coefficient (Wildman–Crippen LogP) is -0.0455. The quantitative estimate of drug-likeness (QED) is 0.434. The van der Waals surface area contributed by atoms with Gasteiger partial charge in [0.05, 0.1) is 5.49 Å². The van der Waals surface area contributed by atoms with Gasteiger partial charge in [-0.1, -0.05) is 6.92 Å². The second-order valence-corrected chi connectivity index (χ2v) is 2.11. The number of nitro groups is 1. The van der Waals surface area contributed by atoms with Crippen LogP contribution in [0.15, 0.2) is 4.99 Å². The van der Waals surface area contributed by atoms with Gasteiger partial charge in [0, 0.05) is 50.9 Å². The zero-order valence-corrected chi connectivity index (χ0v) is 10.1. The summed E-state index contributed by atoms with van der Waals surface area (Å²) < 4.78 is 0. The van der Waals surface area contributed by atoms with Crippen LogP contribution in [0.4, 0.5) is 5.69 Å². The van der Waals surface area contributed by atoms with Crippen LogP contribution in [0.5, 0.6) is 0 Å². The number of nitrogens with zero attached hydrogens (tertiary/aromatic N) is 3. The van der Waals surface area contributed by atoms with E-state index in [0.29, 0.717) is 5.82 Å². The van der Waals surface area contributed by atoms with Gasteiger partial charge in [0.25, 0.3) is 0 Å². The molecule has 0 saturated carbocycles. The van der Waals surface area contributed by atoms with Crippen LogP contribution in [0, 0.1) is 23.2 Å². The molecule has 13 heavy (non-hydrogen) atoms. The number of nitrogens with one attached hydrogen (secondary N) is 1. The van der Waals surface area contributed by atoms with Gasteiger partial charge in [0.2, 0.25) is 5.69 Å². The van der Waals surface area contributed by atoms with Gasteiger partial charge < -0.3 is 15.0 Å². The molecule has 0 aliphatic heterocycles. The molecule has 7 heteroatoms. The minimum absolute atomic E-state index is 0. The van der Waals surface area contributed by atoms with Gasteiger partial charge in [-0.25, -0.2) is 0 Å². The maximum absolute atomic E-state index is 10.3. The molecule has 0 atom stereocenters. The van der Waals surface area contributed by atoms with Crippen molar-refractivity contribution in [1.82, 2.24) is 9.97 Å². The Morgan fingerprint density at radius 2 is 2.31 bits per heavy atom. The standard InChI is InChI=1S/C6H7N4O2.Y/c1-4-8-3-5(10(11)12)6(7-2)9-4;/h1-2H3,(H,7,8,9);/q-1;. The molecular weight excluding hydrogens is 249 g/mol. The van der Waals surface area contributed by atoms with Crippen molar-refractivity contribution in [2.24, 2.45) is 4.99 Å². The molecule has 1 N–H and O–H groups in total. The van der Waals surface area contributed by atoms with Crippen LogP contribution in [0.2, 0.25) is 0 Å². The molecule has 6 nitrogen and oxygen atoms in total. The summed E-state index contributed by atoms with van der Waals surface area (Å²) in [5.41, 5.74) is -0.0457. The molecule has 1 rings (SSSR count). The van der Waals surface area contributed by atoms with E-state index in [9.17, 15) is 10.1 Å². The fraction of sp³-hybridized carbons (Fsp3) is 0.333. The van der Waals surface area contributed by atoms with Gasteiger partial charge in [-0.05, 0) is 5.82 Å². The minimum Gasteiger partial charge on any atom is -0.429 e. The van der Waals surface area contributed by atoms with E-state index in [2.05, 4.69) is 21.2 Å². The van der Waals surface area contributed by atoms with Crippen LogP contribution < -0.4 is 5.49 Å². The number of hydrogen-bond acceptors (Lipinski definition) is 4. The Hall–Kier alpha value is -0.616. The van der Waals surface area contributed by atoms with Crippen LogP contribution in [0.3, 0.4) is 0 Å². The first-order valence-corrected chi connectivity index (χ1v) is 3.21. The van der Waals surface area contributed by atoms with Crippen molar-refractivity contribution >= 4 is 5.69 Å². The fourth-order valence-corrected chi connectivity index (χ4v) is 0.737. The van der Waals surface area contributed by atoms with E-state index in [4.69, 9.17) is 0 Å². The fourth-order valence-electron chi connectivity index (χ4n) is 0.737. The number of rotatable bonds is 1. The van der Waals surface area contributed by atoms with Gasteiger partial charge in [-0.15, -0.1) is 0 Å². The summed E-state index contributed by atoms with van der Waals surface area (Å²) in [7, 11) is 1.46. The average molecular weight is 256 g/mol. The molecule has 0 aliphatic rings. The van der Waals surface area contributed by atoms with E-state index in [-0.39, 0.29) is 43.9 Å². The number of aromatic amines is 1. The normalized spacial score (nSPS) is 10.8. The van der Waals surface area contributed by atoms with Gasteiger partial charge in [-0.2, -0.15) is 0 Å². The molecule has 1 aromatic rings. The largest absolute Gasteiger partial charge is 0.429 e. The molecule has 1 radical (unpaired) electrons. The Balaban J connectivity index is 0.00000144. The van der Waals surface area contributed by atoms with Crippen molar-refractivity contribution < 1.29 is 37.6 Å². The molecule has 0 aliphatic carbocycles. The zero-order valence-electron chi connectivity index (χ0n) is 7.24. The zero-order chi connectivity index (χ0) is 9.14. The summed E-state index contributed by atoms with van der Waals surface area (Å²) in [5, 5.41) is 10.3. The van der Waals surface area contributed by atoms with E-state index in [1.807, 2.05) is 0 Å². The summed E-state index contributed by atoms with van der Waals surface area (Å²) in [6.45, 7) is 1.68. The molecule has 0 aromatic carbocycles. The molecule has 1 aromatic heterocycles.